The first-order chi connectivity index (χ1) is 11.0. The molecule has 4 nitrogen and oxygen atoms in total. The van der Waals surface area contributed by atoms with Crippen LogP contribution in [-0.4, -0.2) is 14.7 Å². The van der Waals surface area contributed by atoms with Crippen molar-refractivity contribution < 1.29 is 5.11 Å². The number of nitrogens with zero attached hydrogens (tertiary/aromatic N) is 1. The minimum atomic E-state index is -0.483. The van der Waals surface area contributed by atoms with Crippen LogP contribution in [0.4, 0.5) is 0 Å². The first-order valence-corrected chi connectivity index (χ1v) is 7.82. The number of rotatable bonds is 3. The van der Waals surface area contributed by atoms with E-state index in [0.29, 0.717) is 17.8 Å². The number of nitrogens with one attached hydrogen (secondary N) is 1. The summed E-state index contributed by atoms with van der Waals surface area (Å²) in [4.78, 5) is 14.8. The highest BCUT2D eigenvalue weighted by molar-refractivity contribution is 6.48. The molecule has 0 saturated heterocycles. The largest absolute Gasteiger partial charge is 0.493 e. The number of hydrogen-bond acceptors (Lipinski definition) is 2. The van der Waals surface area contributed by atoms with Gasteiger partial charge in [0.15, 0.2) is 0 Å². The van der Waals surface area contributed by atoms with E-state index in [1.807, 2.05) is 30.3 Å². The number of H-pyrrole nitrogens is 1. The maximum Gasteiger partial charge on any atom is 0.333 e. The second-order valence-corrected chi connectivity index (χ2v) is 6.15. The summed E-state index contributed by atoms with van der Waals surface area (Å²) in [6, 6.07) is 12.4. The standard InChI is InChI=1S/C16H11Cl3N2O2/c17-11-7-10(8-12(18)14(11)19)21-15(22)13(20-16(21)23)6-9-4-2-1-3-5-9/h1-5,7-8,22H,6H2,(H,20,23). The van der Waals surface area contributed by atoms with Crippen LogP contribution in [0.3, 0.4) is 0 Å². The third kappa shape index (κ3) is 3.11. The van der Waals surface area contributed by atoms with Gasteiger partial charge in [0.2, 0.25) is 5.88 Å². The number of aromatic hydroxyl groups is 1. The van der Waals surface area contributed by atoms with E-state index in [1.165, 1.54) is 12.1 Å². The van der Waals surface area contributed by atoms with Gasteiger partial charge in [0.1, 0.15) is 0 Å². The lowest BCUT2D eigenvalue weighted by Crippen LogP contribution is -2.14. The predicted molar refractivity (Wildman–Crippen MR) is 92.3 cm³/mol. The van der Waals surface area contributed by atoms with Crippen LogP contribution in [0.1, 0.15) is 11.3 Å². The van der Waals surface area contributed by atoms with Gasteiger partial charge in [0.25, 0.3) is 0 Å². The van der Waals surface area contributed by atoms with E-state index in [-0.39, 0.29) is 20.9 Å². The Morgan fingerprint density at radius 1 is 1.04 bits per heavy atom. The number of benzene rings is 2. The summed E-state index contributed by atoms with van der Waals surface area (Å²) in [6.45, 7) is 0. The van der Waals surface area contributed by atoms with Crippen molar-refractivity contribution in [2.75, 3.05) is 0 Å². The molecule has 2 aromatic carbocycles. The minimum absolute atomic E-state index is 0.187. The van der Waals surface area contributed by atoms with E-state index in [0.717, 1.165) is 10.1 Å². The van der Waals surface area contributed by atoms with Crippen molar-refractivity contribution in [2.24, 2.45) is 0 Å². The Kier molecular flexibility index (Phi) is 4.39. The summed E-state index contributed by atoms with van der Waals surface area (Å²) in [5.74, 6) is -0.187. The average Bonchev–Trinajstić information content (AvgIpc) is 2.79. The van der Waals surface area contributed by atoms with Crippen molar-refractivity contribution >= 4 is 34.8 Å². The first kappa shape index (κ1) is 16.0. The summed E-state index contributed by atoms with van der Waals surface area (Å²) < 4.78 is 1.10. The molecule has 0 unspecified atom stereocenters. The normalized spacial score (nSPS) is 10.9. The van der Waals surface area contributed by atoms with Gasteiger partial charge in [-0.1, -0.05) is 65.1 Å². The van der Waals surface area contributed by atoms with Crippen molar-refractivity contribution in [3.05, 3.63) is 79.3 Å². The van der Waals surface area contributed by atoms with E-state index < -0.39 is 5.69 Å². The number of aromatic amines is 1. The zero-order valence-corrected chi connectivity index (χ0v) is 14.0. The van der Waals surface area contributed by atoms with Crippen molar-refractivity contribution in [1.29, 1.82) is 0 Å². The number of hydrogen-bond donors (Lipinski definition) is 2. The Hall–Kier alpha value is -1.88. The third-order valence-electron chi connectivity index (χ3n) is 3.39. The van der Waals surface area contributed by atoms with Crippen LogP contribution in [0.15, 0.2) is 47.3 Å². The quantitative estimate of drug-likeness (QED) is 0.671. The number of halogens is 3. The Morgan fingerprint density at radius 3 is 2.26 bits per heavy atom. The van der Waals surface area contributed by atoms with Gasteiger partial charge >= 0.3 is 5.69 Å². The van der Waals surface area contributed by atoms with Gasteiger partial charge in [-0.2, -0.15) is 0 Å². The second kappa shape index (κ2) is 6.32. The lowest BCUT2D eigenvalue weighted by Gasteiger charge is -2.07. The molecule has 3 rings (SSSR count). The van der Waals surface area contributed by atoms with Gasteiger partial charge in [-0.15, -0.1) is 0 Å². The smallest absolute Gasteiger partial charge is 0.333 e. The molecular formula is C16H11Cl3N2O2. The Balaban J connectivity index is 2.07. The Morgan fingerprint density at radius 2 is 1.65 bits per heavy atom. The summed E-state index contributed by atoms with van der Waals surface area (Å²) in [7, 11) is 0. The van der Waals surface area contributed by atoms with Gasteiger partial charge < -0.3 is 10.1 Å². The molecule has 0 saturated carbocycles. The van der Waals surface area contributed by atoms with Crippen LogP contribution >= 0.6 is 34.8 Å². The highest BCUT2D eigenvalue weighted by atomic mass is 35.5. The zero-order chi connectivity index (χ0) is 16.6. The molecule has 1 aromatic heterocycles. The van der Waals surface area contributed by atoms with Gasteiger partial charge in [-0.05, 0) is 17.7 Å². The lowest BCUT2D eigenvalue weighted by molar-refractivity contribution is 0.435. The molecule has 0 bridgehead atoms. The fourth-order valence-corrected chi connectivity index (χ4v) is 2.89. The minimum Gasteiger partial charge on any atom is -0.493 e. The third-order valence-corrected chi connectivity index (χ3v) is 4.59. The molecule has 118 valence electrons. The van der Waals surface area contributed by atoms with Crippen LogP contribution in [-0.2, 0) is 6.42 Å². The molecule has 0 atom stereocenters. The van der Waals surface area contributed by atoms with Gasteiger partial charge in [0, 0.05) is 6.42 Å². The SMILES string of the molecule is O=c1[nH]c(Cc2ccccc2)c(O)n1-c1cc(Cl)c(Cl)c(Cl)c1. The maximum atomic E-state index is 12.2. The zero-order valence-electron chi connectivity index (χ0n) is 11.7. The molecule has 0 radical (unpaired) electrons. The van der Waals surface area contributed by atoms with E-state index >= 15 is 0 Å². The molecule has 0 spiro atoms. The fourth-order valence-electron chi connectivity index (χ4n) is 2.31. The van der Waals surface area contributed by atoms with Crippen molar-refractivity contribution in [3.63, 3.8) is 0 Å². The van der Waals surface area contributed by atoms with Crippen LogP contribution in [0.5, 0.6) is 5.88 Å². The van der Waals surface area contributed by atoms with E-state index in [4.69, 9.17) is 34.8 Å². The molecule has 0 amide bonds. The molecule has 3 aromatic rings. The monoisotopic (exact) mass is 368 g/mol. The van der Waals surface area contributed by atoms with E-state index in [9.17, 15) is 9.90 Å². The highest BCUT2D eigenvalue weighted by Gasteiger charge is 2.17. The lowest BCUT2D eigenvalue weighted by atomic mass is 10.1. The van der Waals surface area contributed by atoms with Crippen molar-refractivity contribution in [2.45, 2.75) is 6.42 Å². The number of imidazole rings is 1. The summed E-state index contributed by atoms with van der Waals surface area (Å²) in [5.41, 5.74) is 1.22. The molecule has 2 N–H and O–H groups in total. The van der Waals surface area contributed by atoms with Gasteiger partial charge in [-0.3, -0.25) is 0 Å². The van der Waals surface area contributed by atoms with Gasteiger partial charge in [-0.25, -0.2) is 9.36 Å². The molecule has 7 heteroatoms. The van der Waals surface area contributed by atoms with Crippen LogP contribution < -0.4 is 5.69 Å². The molecule has 0 aliphatic rings. The molecule has 0 fully saturated rings. The van der Waals surface area contributed by atoms with Crippen LogP contribution in [0, 0.1) is 0 Å². The van der Waals surface area contributed by atoms with Crippen molar-refractivity contribution in [3.8, 4) is 11.6 Å². The van der Waals surface area contributed by atoms with E-state index in [1.54, 1.807) is 0 Å². The Labute approximate surface area is 146 Å². The summed E-state index contributed by atoms with van der Waals surface area (Å²) in [5, 5.41) is 11.0. The van der Waals surface area contributed by atoms with E-state index in [2.05, 4.69) is 4.98 Å². The van der Waals surface area contributed by atoms with Crippen LogP contribution in [0.25, 0.3) is 5.69 Å². The van der Waals surface area contributed by atoms with Crippen molar-refractivity contribution in [1.82, 2.24) is 9.55 Å². The molecule has 0 aliphatic heterocycles. The molecular weight excluding hydrogens is 359 g/mol. The summed E-state index contributed by atoms with van der Waals surface area (Å²) in [6.07, 6.45) is 0.393. The summed E-state index contributed by atoms with van der Waals surface area (Å²) >= 11 is 17.9. The topological polar surface area (TPSA) is 58.0 Å². The fraction of sp³-hybridized carbons (Fsp3) is 0.0625. The Bertz CT molecular complexity index is 894. The van der Waals surface area contributed by atoms with Gasteiger partial charge in [0.05, 0.1) is 26.4 Å². The molecule has 0 aliphatic carbocycles. The highest BCUT2D eigenvalue weighted by Crippen LogP contribution is 2.33. The molecule has 1 heterocycles. The van der Waals surface area contributed by atoms with Crippen LogP contribution in [0.2, 0.25) is 15.1 Å². The maximum absolute atomic E-state index is 12.2. The first-order valence-electron chi connectivity index (χ1n) is 6.69. The predicted octanol–water partition coefficient (Wildman–Crippen LogP) is 4.42. The number of aromatic nitrogens is 2. The second-order valence-electron chi connectivity index (χ2n) is 4.95. The average molecular weight is 370 g/mol. The molecule has 23 heavy (non-hydrogen) atoms.